The lowest BCUT2D eigenvalue weighted by molar-refractivity contribution is -0.136. The minimum atomic E-state index is -3.68. The summed E-state index contributed by atoms with van der Waals surface area (Å²) in [5.41, 5.74) is 3.13. The molecular weight excluding hydrogens is 446 g/mol. The lowest BCUT2D eigenvalue weighted by atomic mass is 9.95. The molecule has 0 amide bonds. The number of carbonyl (C=O) groups excluding carboxylic acids is 1. The average Bonchev–Trinajstić information content (AvgIpc) is 2.78. The quantitative estimate of drug-likeness (QED) is 0.469. The fourth-order valence-corrected chi connectivity index (χ4v) is 4.71. The summed E-state index contributed by atoms with van der Waals surface area (Å²) >= 11 is 5.45. The Morgan fingerprint density at radius 1 is 1.19 bits per heavy atom. The van der Waals surface area contributed by atoms with Crippen molar-refractivity contribution in [1.29, 1.82) is 0 Å². The van der Waals surface area contributed by atoms with Gasteiger partial charge >= 0.3 is 5.97 Å². The van der Waals surface area contributed by atoms with Crippen LogP contribution < -0.4 is 10.0 Å². The Hall–Kier alpha value is -3.17. The Labute approximate surface area is 193 Å². The van der Waals surface area contributed by atoms with Gasteiger partial charge in [0.2, 0.25) is 0 Å². The second kappa shape index (κ2) is 9.97. The fourth-order valence-electron chi connectivity index (χ4n) is 3.46. The van der Waals surface area contributed by atoms with E-state index in [1.807, 2.05) is 49.1 Å². The van der Waals surface area contributed by atoms with Gasteiger partial charge in [-0.15, -0.1) is 0 Å². The van der Waals surface area contributed by atoms with Gasteiger partial charge in [0, 0.05) is 17.9 Å². The lowest BCUT2D eigenvalue weighted by Gasteiger charge is -2.36. The number of hydrogen-bond acceptors (Lipinski definition) is 5. The van der Waals surface area contributed by atoms with Crippen LogP contribution in [0.3, 0.4) is 0 Å². The van der Waals surface area contributed by atoms with Crippen LogP contribution >= 0.6 is 12.2 Å². The molecule has 0 fully saturated rings. The largest absolute Gasteiger partial charge is 0.466 e. The predicted octanol–water partition coefficient (Wildman–Crippen LogP) is 3.80. The number of esters is 1. The summed E-state index contributed by atoms with van der Waals surface area (Å²) in [7, 11) is -2.35. The molecule has 2 aromatic carbocycles. The van der Waals surface area contributed by atoms with E-state index < -0.39 is 22.0 Å². The summed E-state index contributed by atoms with van der Waals surface area (Å²) in [6, 6.07) is 15.4. The number of anilines is 1. The number of nitrogens with one attached hydrogen (secondary N) is 2. The van der Waals surface area contributed by atoms with Gasteiger partial charge in [0.15, 0.2) is 5.11 Å². The summed E-state index contributed by atoms with van der Waals surface area (Å²) in [4.78, 5) is 14.3. The van der Waals surface area contributed by atoms with Gasteiger partial charge < -0.3 is 15.0 Å². The first-order chi connectivity index (χ1) is 15.3. The molecule has 2 aromatic rings. The van der Waals surface area contributed by atoms with Crippen LogP contribution in [-0.4, -0.2) is 38.1 Å². The van der Waals surface area contributed by atoms with Crippen molar-refractivity contribution in [2.24, 2.45) is 0 Å². The first kappa shape index (κ1) is 23.5. The maximum Gasteiger partial charge on any atom is 0.337 e. The Balaban J connectivity index is 1.82. The van der Waals surface area contributed by atoms with Crippen LogP contribution in [0.1, 0.15) is 31.0 Å². The molecule has 0 bridgehead atoms. The number of carbonyl (C=O) groups is 1. The Morgan fingerprint density at radius 2 is 1.84 bits per heavy atom. The summed E-state index contributed by atoms with van der Waals surface area (Å²) in [5.74, 6) is -0.447. The number of rotatable bonds is 7. The smallest absolute Gasteiger partial charge is 0.337 e. The van der Waals surface area contributed by atoms with Crippen LogP contribution in [0.5, 0.6) is 0 Å². The zero-order valence-electron chi connectivity index (χ0n) is 18.0. The predicted molar refractivity (Wildman–Crippen MR) is 130 cm³/mol. The Bertz CT molecular complexity index is 1160. The molecule has 3 rings (SSSR count). The van der Waals surface area contributed by atoms with Crippen molar-refractivity contribution in [3.8, 4) is 0 Å². The van der Waals surface area contributed by atoms with Crippen molar-refractivity contribution in [3.05, 3.63) is 82.4 Å². The van der Waals surface area contributed by atoms with Gasteiger partial charge in [-0.2, -0.15) is 0 Å². The number of sulfonamides is 1. The highest BCUT2D eigenvalue weighted by Crippen LogP contribution is 2.31. The Kier molecular flexibility index (Phi) is 7.32. The van der Waals surface area contributed by atoms with E-state index in [2.05, 4.69) is 10.0 Å². The third-order valence-electron chi connectivity index (χ3n) is 5.06. The van der Waals surface area contributed by atoms with Gasteiger partial charge in [0.25, 0.3) is 10.0 Å². The van der Waals surface area contributed by atoms with Crippen LogP contribution in [0.2, 0.25) is 0 Å². The zero-order chi connectivity index (χ0) is 23.3. The summed E-state index contributed by atoms with van der Waals surface area (Å²) < 4.78 is 32.3. The molecule has 0 saturated heterocycles. The van der Waals surface area contributed by atoms with Gasteiger partial charge in [-0.25, -0.2) is 13.2 Å². The third kappa shape index (κ3) is 5.35. The number of nitrogens with zero attached hydrogens (tertiary/aromatic N) is 1. The molecule has 1 aliphatic heterocycles. The molecule has 1 unspecified atom stereocenters. The number of benzene rings is 2. The lowest BCUT2D eigenvalue weighted by Crippen LogP contribution is -2.47. The molecule has 168 valence electrons. The van der Waals surface area contributed by atoms with E-state index in [4.69, 9.17) is 17.0 Å². The SMILES string of the molecule is CCN1C(=S)NC(c2ccc(NS(=O)(=O)/C=C/c3ccccc3)cc2)C(C(=O)OC)=C1C. The average molecular weight is 472 g/mol. The molecule has 0 radical (unpaired) electrons. The zero-order valence-corrected chi connectivity index (χ0v) is 19.7. The van der Waals surface area contributed by atoms with Crippen molar-refractivity contribution in [2.75, 3.05) is 18.4 Å². The molecule has 0 saturated carbocycles. The molecule has 0 spiro atoms. The molecule has 32 heavy (non-hydrogen) atoms. The van der Waals surface area contributed by atoms with Gasteiger partial charge in [-0.05, 0) is 55.4 Å². The van der Waals surface area contributed by atoms with Crippen LogP contribution in [-0.2, 0) is 19.6 Å². The molecule has 7 nitrogen and oxygen atoms in total. The molecule has 0 aromatic heterocycles. The normalized spacial score (nSPS) is 16.8. The van der Waals surface area contributed by atoms with Crippen LogP contribution in [0.15, 0.2) is 71.3 Å². The molecule has 0 aliphatic carbocycles. The van der Waals surface area contributed by atoms with Crippen LogP contribution in [0.4, 0.5) is 5.69 Å². The van der Waals surface area contributed by atoms with Crippen LogP contribution in [0, 0.1) is 0 Å². The van der Waals surface area contributed by atoms with Crippen molar-refractivity contribution in [3.63, 3.8) is 0 Å². The maximum absolute atomic E-state index is 12.5. The van der Waals surface area contributed by atoms with Crippen molar-refractivity contribution >= 4 is 45.1 Å². The summed E-state index contributed by atoms with van der Waals surface area (Å²) in [6.07, 6.45) is 1.53. The summed E-state index contributed by atoms with van der Waals surface area (Å²) in [5, 5.41) is 4.82. The van der Waals surface area contributed by atoms with Crippen molar-refractivity contribution < 1.29 is 17.9 Å². The van der Waals surface area contributed by atoms with E-state index in [9.17, 15) is 13.2 Å². The highest BCUT2D eigenvalue weighted by atomic mass is 32.2. The van der Waals surface area contributed by atoms with Gasteiger partial charge in [-0.3, -0.25) is 4.72 Å². The van der Waals surface area contributed by atoms with Crippen LogP contribution in [0.25, 0.3) is 6.08 Å². The monoisotopic (exact) mass is 471 g/mol. The molecule has 9 heteroatoms. The topological polar surface area (TPSA) is 87.7 Å². The highest BCUT2D eigenvalue weighted by Gasteiger charge is 2.33. The van der Waals surface area contributed by atoms with E-state index in [-0.39, 0.29) is 0 Å². The number of methoxy groups -OCH3 is 1. The van der Waals surface area contributed by atoms with E-state index in [0.29, 0.717) is 22.9 Å². The van der Waals surface area contributed by atoms with E-state index >= 15 is 0 Å². The van der Waals surface area contributed by atoms with E-state index in [0.717, 1.165) is 22.2 Å². The first-order valence-corrected chi connectivity index (χ1v) is 11.9. The third-order valence-corrected chi connectivity index (χ3v) is 6.41. The highest BCUT2D eigenvalue weighted by molar-refractivity contribution is 7.95. The number of thiocarbonyl (C=S) groups is 1. The fraction of sp³-hybridized carbons (Fsp3) is 0.217. The minimum Gasteiger partial charge on any atom is -0.466 e. The van der Waals surface area contributed by atoms with E-state index in [1.165, 1.54) is 13.2 Å². The molecule has 1 atom stereocenters. The Morgan fingerprint density at radius 3 is 2.44 bits per heavy atom. The van der Waals surface area contributed by atoms with Crippen molar-refractivity contribution in [1.82, 2.24) is 10.2 Å². The molecular formula is C23H25N3O4S2. The summed E-state index contributed by atoms with van der Waals surface area (Å²) in [6.45, 7) is 4.39. The maximum atomic E-state index is 12.5. The molecule has 1 heterocycles. The van der Waals surface area contributed by atoms with Gasteiger partial charge in [0.1, 0.15) is 0 Å². The number of allylic oxidation sites excluding steroid dienone is 1. The second-order valence-electron chi connectivity index (χ2n) is 7.10. The number of hydrogen-bond donors (Lipinski definition) is 2. The molecule has 1 aliphatic rings. The minimum absolute atomic E-state index is 0.403. The standard InChI is InChI=1S/C23H25N3O4S2/c1-4-26-16(2)20(22(27)30-3)21(24-23(26)31)18-10-12-19(13-11-18)25-32(28,29)15-14-17-8-6-5-7-9-17/h5-15,21,25H,4H2,1-3H3,(H,24,31)/b15-14+. The number of ether oxygens (including phenoxy) is 1. The van der Waals surface area contributed by atoms with Gasteiger partial charge in [0.05, 0.1) is 24.1 Å². The van der Waals surface area contributed by atoms with E-state index in [1.54, 1.807) is 24.3 Å². The first-order valence-electron chi connectivity index (χ1n) is 9.98. The second-order valence-corrected chi connectivity index (χ2v) is 9.05. The van der Waals surface area contributed by atoms with Crippen molar-refractivity contribution in [2.45, 2.75) is 19.9 Å². The molecule has 2 N–H and O–H groups in total. The van der Waals surface area contributed by atoms with Gasteiger partial charge in [-0.1, -0.05) is 42.5 Å².